The van der Waals surface area contributed by atoms with E-state index in [1.165, 1.54) is 38.5 Å². The van der Waals surface area contributed by atoms with E-state index in [4.69, 9.17) is 14.2 Å². The molecule has 2 rings (SSSR count). The number of rotatable bonds is 13. The fourth-order valence-corrected chi connectivity index (χ4v) is 3.03. The Bertz CT molecular complexity index is 782. The number of hydrogen-bond donors (Lipinski definition) is 0. The molecule has 0 aromatic heterocycles. The lowest BCUT2D eigenvalue weighted by Crippen LogP contribution is -2.13. The third-order valence-electron chi connectivity index (χ3n) is 4.69. The van der Waals surface area contributed by atoms with E-state index in [1.54, 1.807) is 55.5 Å². The molecular weight excluding hydrogens is 380 g/mol. The largest absolute Gasteiger partial charge is 0.494 e. The molecule has 0 fully saturated rings. The number of benzene rings is 2. The van der Waals surface area contributed by atoms with Gasteiger partial charge in [0.05, 0.1) is 18.8 Å². The average molecular weight is 413 g/mol. The Morgan fingerprint density at radius 3 is 2.13 bits per heavy atom. The lowest BCUT2D eigenvalue weighted by Gasteiger charge is -2.10. The van der Waals surface area contributed by atoms with Gasteiger partial charge in [-0.2, -0.15) is 0 Å². The number of hydrogen-bond acceptors (Lipinski definition) is 5. The van der Waals surface area contributed by atoms with E-state index < -0.39 is 11.9 Å². The maximum atomic E-state index is 12.5. The Morgan fingerprint density at radius 1 is 0.767 bits per heavy atom. The van der Waals surface area contributed by atoms with E-state index >= 15 is 0 Å². The van der Waals surface area contributed by atoms with Gasteiger partial charge in [-0.15, -0.1) is 0 Å². The Hall–Kier alpha value is -2.82. The summed E-state index contributed by atoms with van der Waals surface area (Å²) in [6.07, 6.45) is 8.66. The molecule has 0 amide bonds. The highest BCUT2D eigenvalue weighted by Crippen LogP contribution is 2.21. The number of para-hydroxylation sites is 1. The topological polar surface area (TPSA) is 61.8 Å². The molecule has 2 aromatic rings. The van der Waals surface area contributed by atoms with E-state index in [1.807, 2.05) is 0 Å². The van der Waals surface area contributed by atoms with Gasteiger partial charge in [0.2, 0.25) is 0 Å². The van der Waals surface area contributed by atoms with Crippen LogP contribution in [-0.2, 0) is 4.74 Å². The Kier molecular flexibility index (Phi) is 10.5. The van der Waals surface area contributed by atoms with Crippen molar-refractivity contribution in [2.75, 3.05) is 13.2 Å². The molecule has 0 aliphatic rings. The van der Waals surface area contributed by atoms with Gasteiger partial charge in [0, 0.05) is 0 Å². The lowest BCUT2D eigenvalue weighted by molar-refractivity contribution is 0.0520. The SMILES string of the molecule is CCCCCCCCCOc1ccc(C(=O)Oc2ccccc2C(=O)OCC)cc1. The minimum Gasteiger partial charge on any atom is -0.494 e. The van der Waals surface area contributed by atoms with Crippen LogP contribution in [0.25, 0.3) is 0 Å². The third kappa shape index (κ3) is 7.90. The van der Waals surface area contributed by atoms with Gasteiger partial charge in [0.1, 0.15) is 17.1 Å². The van der Waals surface area contributed by atoms with Gasteiger partial charge in [-0.3, -0.25) is 0 Å². The van der Waals surface area contributed by atoms with Gasteiger partial charge in [-0.05, 0) is 49.7 Å². The predicted molar refractivity (Wildman–Crippen MR) is 117 cm³/mol. The average Bonchev–Trinajstić information content (AvgIpc) is 2.76. The van der Waals surface area contributed by atoms with Crippen molar-refractivity contribution in [3.05, 3.63) is 59.7 Å². The minimum atomic E-state index is -0.537. The molecule has 0 aliphatic carbocycles. The van der Waals surface area contributed by atoms with Crippen LogP contribution in [0, 0.1) is 0 Å². The summed E-state index contributed by atoms with van der Waals surface area (Å²) < 4.78 is 16.2. The molecule has 0 saturated heterocycles. The molecule has 0 atom stereocenters. The zero-order chi connectivity index (χ0) is 21.6. The first-order valence-corrected chi connectivity index (χ1v) is 10.9. The number of unbranched alkanes of at least 4 members (excludes halogenated alkanes) is 6. The molecule has 0 spiro atoms. The van der Waals surface area contributed by atoms with Gasteiger partial charge >= 0.3 is 11.9 Å². The fourth-order valence-electron chi connectivity index (χ4n) is 3.03. The molecule has 0 N–H and O–H groups in total. The van der Waals surface area contributed by atoms with Crippen LogP contribution in [0.2, 0.25) is 0 Å². The van der Waals surface area contributed by atoms with Crippen LogP contribution in [0.4, 0.5) is 0 Å². The molecule has 30 heavy (non-hydrogen) atoms. The molecule has 0 aliphatic heterocycles. The molecule has 5 nitrogen and oxygen atoms in total. The molecule has 2 aromatic carbocycles. The van der Waals surface area contributed by atoms with Gasteiger partial charge in [-0.25, -0.2) is 9.59 Å². The monoisotopic (exact) mass is 412 g/mol. The molecule has 0 unspecified atom stereocenters. The summed E-state index contributed by atoms with van der Waals surface area (Å²) in [5.74, 6) is -0.148. The summed E-state index contributed by atoms with van der Waals surface area (Å²) in [5, 5.41) is 0. The van der Waals surface area contributed by atoms with Crippen LogP contribution >= 0.6 is 0 Å². The lowest BCUT2D eigenvalue weighted by atomic mass is 10.1. The Morgan fingerprint density at radius 2 is 1.43 bits per heavy atom. The summed E-state index contributed by atoms with van der Waals surface area (Å²) in [4.78, 5) is 24.5. The molecule has 0 bridgehead atoms. The van der Waals surface area contributed by atoms with E-state index in [-0.39, 0.29) is 17.9 Å². The molecule has 0 heterocycles. The maximum absolute atomic E-state index is 12.5. The highest BCUT2D eigenvalue weighted by atomic mass is 16.5. The van der Waals surface area contributed by atoms with Crippen molar-refractivity contribution in [2.45, 2.75) is 58.8 Å². The molecule has 162 valence electrons. The van der Waals surface area contributed by atoms with Crippen molar-refractivity contribution < 1.29 is 23.8 Å². The normalized spacial score (nSPS) is 10.5. The predicted octanol–water partition coefficient (Wildman–Crippen LogP) is 6.21. The van der Waals surface area contributed by atoms with Crippen molar-refractivity contribution in [1.29, 1.82) is 0 Å². The summed E-state index contributed by atoms with van der Waals surface area (Å²) >= 11 is 0. The number of ether oxygens (including phenoxy) is 3. The first kappa shape index (κ1) is 23.5. The van der Waals surface area contributed by atoms with E-state index in [0.717, 1.165) is 12.2 Å². The number of carbonyl (C=O) groups is 2. The second-order valence-corrected chi connectivity index (χ2v) is 7.10. The quantitative estimate of drug-likeness (QED) is 0.222. The van der Waals surface area contributed by atoms with Crippen LogP contribution in [0.1, 0.15) is 79.5 Å². The summed E-state index contributed by atoms with van der Waals surface area (Å²) in [6, 6.07) is 13.4. The zero-order valence-corrected chi connectivity index (χ0v) is 18.0. The maximum Gasteiger partial charge on any atom is 0.343 e. The van der Waals surface area contributed by atoms with Crippen molar-refractivity contribution in [3.63, 3.8) is 0 Å². The van der Waals surface area contributed by atoms with Crippen LogP contribution in [-0.4, -0.2) is 25.2 Å². The van der Waals surface area contributed by atoms with E-state index in [9.17, 15) is 9.59 Å². The second kappa shape index (κ2) is 13.4. The molecule has 0 radical (unpaired) electrons. The molecule has 5 heteroatoms. The smallest absolute Gasteiger partial charge is 0.343 e. The van der Waals surface area contributed by atoms with Crippen molar-refractivity contribution in [1.82, 2.24) is 0 Å². The Labute approximate surface area is 179 Å². The number of carbonyl (C=O) groups excluding carboxylic acids is 2. The highest BCUT2D eigenvalue weighted by molar-refractivity contribution is 5.96. The molecule has 0 saturated carbocycles. The minimum absolute atomic E-state index is 0.181. The first-order chi connectivity index (χ1) is 14.7. The standard InChI is InChI=1S/C25H32O5/c1-3-5-6-7-8-9-12-19-29-21-17-15-20(16-18-21)24(26)30-23-14-11-10-13-22(23)25(27)28-4-2/h10-11,13-18H,3-9,12,19H2,1-2H3. The zero-order valence-electron chi connectivity index (χ0n) is 18.0. The Balaban J connectivity index is 1.81. The summed E-state index contributed by atoms with van der Waals surface area (Å²) in [7, 11) is 0. The third-order valence-corrected chi connectivity index (χ3v) is 4.69. The van der Waals surface area contributed by atoms with Crippen molar-refractivity contribution in [3.8, 4) is 11.5 Å². The van der Waals surface area contributed by atoms with Gasteiger partial charge in [0.15, 0.2) is 0 Å². The van der Waals surface area contributed by atoms with Crippen LogP contribution < -0.4 is 9.47 Å². The first-order valence-electron chi connectivity index (χ1n) is 10.9. The van der Waals surface area contributed by atoms with Gasteiger partial charge < -0.3 is 14.2 Å². The van der Waals surface area contributed by atoms with E-state index in [2.05, 4.69) is 6.92 Å². The molecular formula is C25H32O5. The van der Waals surface area contributed by atoms with Crippen molar-refractivity contribution in [2.24, 2.45) is 0 Å². The fraction of sp³-hybridized carbons (Fsp3) is 0.440. The van der Waals surface area contributed by atoms with Crippen LogP contribution in [0.5, 0.6) is 11.5 Å². The van der Waals surface area contributed by atoms with Gasteiger partial charge in [-0.1, -0.05) is 57.6 Å². The highest BCUT2D eigenvalue weighted by Gasteiger charge is 2.17. The van der Waals surface area contributed by atoms with Crippen LogP contribution in [0.3, 0.4) is 0 Å². The summed E-state index contributed by atoms with van der Waals surface area (Å²) in [6.45, 7) is 4.87. The number of esters is 2. The summed E-state index contributed by atoms with van der Waals surface area (Å²) in [5.41, 5.74) is 0.610. The van der Waals surface area contributed by atoms with Gasteiger partial charge in [0.25, 0.3) is 0 Å². The second-order valence-electron chi connectivity index (χ2n) is 7.10. The van der Waals surface area contributed by atoms with Crippen LogP contribution in [0.15, 0.2) is 48.5 Å². The van der Waals surface area contributed by atoms with Crippen molar-refractivity contribution >= 4 is 11.9 Å². The van der Waals surface area contributed by atoms with E-state index in [0.29, 0.717) is 12.2 Å².